The van der Waals surface area contributed by atoms with E-state index in [0.717, 1.165) is 12.4 Å². The van der Waals surface area contributed by atoms with Gasteiger partial charge >= 0.3 is 0 Å². The molecule has 0 aliphatic carbocycles. The molecule has 2 unspecified atom stereocenters. The minimum atomic E-state index is -4.22. The van der Waals surface area contributed by atoms with E-state index in [1.54, 1.807) is 13.8 Å². The largest absolute Gasteiger partial charge is 0.479 e. The molecular weight excluding hydrogens is 523 g/mol. The maximum absolute atomic E-state index is 13.7. The molecule has 38 heavy (non-hydrogen) atoms. The van der Waals surface area contributed by atoms with E-state index < -0.39 is 27.2 Å². The van der Waals surface area contributed by atoms with Gasteiger partial charge in [-0.1, -0.05) is 0 Å². The van der Waals surface area contributed by atoms with E-state index in [-0.39, 0.29) is 41.2 Å². The van der Waals surface area contributed by atoms with Gasteiger partial charge < -0.3 is 18.9 Å². The quantitative estimate of drug-likeness (QED) is 0.367. The van der Waals surface area contributed by atoms with Gasteiger partial charge in [-0.25, -0.2) is 22.8 Å². The van der Waals surface area contributed by atoms with E-state index in [0.29, 0.717) is 25.5 Å². The first-order valence-electron chi connectivity index (χ1n) is 11.8. The third kappa shape index (κ3) is 5.66. The second kappa shape index (κ2) is 11.5. The number of ether oxygens (including phenoxy) is 4. The van der Waals surface area contributed by atoms with E-state index in [9.17, 15) is 12.8 Å². The Morgan fingerprint density at radius 2 is 1.74 bits per heavy atom. The second-order valence-electron chi connectivity index (χ2n) is 8.74. The van der Waals surface area contributed by atoms with Crippen molar-refractivity contribution in [1.82, 2.24) is 34.7 Å². The molecule has 0 saturated carbocycles. The first-order chi connectivity index (χ1) is 18.2. The van der Waals surface area contributed by atoms with Crippen molar-refractivity contribution in [2.24, 2.45) is 0 Å². The number of nitrogens with zero attached hydrogens (tertiary/aromatic N) is 7. The molecule has 0 spiro atoms. The van der Waals surface area contributed by atoms with Crippen molar-refractivity contribution in [3.05, 3.63) is 36.2 Å². The van der Waals surface area contributed by atoms with Crippen LogP contribution in [-0.4, -0.2) is 81.9 Å². The van der Waals surface area contributed by atoms with Crippen LogP contribution in [0.15, 0.2) is 18.7 Å². The molecule has 1 aliphatic heterocycles. The molecule has 3 aromatic heterocycles. The van der Waals surface area contributed by atoms with Gasteiger partial charge in [-0.15, -0.1) is 10.2 Å². The standard InChI is InChI=1S/C22H29FN8O6S/c1-12(2)37-17(18-24-8-15(23)9-25-18)13(3)38(32,33)30-22-29-28-19(14-6-7-36-10-14)31(22)16-20(34-4)26-11-27-21(16)35-5/h8-9,11-14,17H,6-7,10H2,1-5H3,(H,29,30)/t13?,14-,17?/m0/s1. The highest BCUT2D eigenvalue weighted by Crippen LogP contribution is 2.36. The van der Waals surface area contributed by atoms with Gasteiger partial charge in [0.15, 0.2) is 17.3 Å². The molecule has 3 atom stereocenters. The fourth-order valence-electron chi connectivity index (χ4n) is 3.95. The summed E-state index contributed by atoms with van der Waals surface area (Å²) in [5.74, 6) is -0.322. The summed E-state index contributed by atoms with van der Waals surface area (Å²) in [6.45, 7) is 5.79. The van der Waals surface area contributed by atoms with Crippen molar-refractivity contribution in [3.8, 4) is 17.4 Å². The molecule has 1 aliphatic rings. The molecule has 4 rings (SSSR count). The van der Waals surface area contributed by atoms with Crippen LogP contribution in [0.4, 0.5) is 10.3 Å². The zero-order valence-corrected chi connectivity index (χ0v) is 22.3. The molecule has 0 radical (unpaired) electrons. The summed E-state index contributed by atoms with van der Waals surface area (Å²) >= 11 is 0. The fourth-order valence-corrected chi connectivity index (χ4v) is 5.03. The van der Waals surface area contributed by atoms with E-state index in [4.69, 9.17) is 18.9 Å². The van der Waals surface area contributed by atoms with Gasteiger partial charge in [0.25, 0.3) is 0 Å². The lowest BCUT2D eigenvalue weighted by Gasteiger charge is -2.25. The number of anilines is 1. The lowest BCUT2D eigenvalue weighted by molar-refractivity contribution is 0.00144. The molecule has 3 aromatic rings. The zero-order chi connectivity index (χ0) is 27.4. The van der Waals surface area contributed by atoms with Crippen molar-refractivity contribution in [2.45, 2.75) is 50.6 Å². The number of rotatable bonds is 11. The van der Waals surface area contributed by atoms with Gasteiger partial charge in [-0.2, -0.15) is 9.97 Å². The van der Waals surface area contributed by atoms with Crippen LogP contribution in [0, 0.1) is 5.82 Å². The average molecular weight is 553 g/mol. The van der Waals surface area contributed by atoms with E-state index >= 15 is 0 Å². The third-order valence-electron chi connectivity index (χ3n) is 5.81. The second-order valence-corrected chi connectivity index (χ2v) is 10.8. The summed E-state index contributed by atoms with van der Waals surface area (Å²) in [4.78, 5) is 16.2. The van der Waals surface area contributed by atoms with Gasteiger partial charge in [0.05, 0.1) is 39.3 Å². The first kappa shape index (κ1) is 27.5. The van der Waals surface area contributed by atoms with E-state index in [1.165, 1.54) is 32.0 Å². The lowest BCUT2D eigenvalue weighted by atomic mass is 10.1. The number of hydrogen-bond acceptors (Lipinski definition) is 12. The summed E-state index contributed by atoms with van der Waals surface area (Å²) in [7, 11) is -1.40. The van der Waals surface area contributed by atoms with Crippen molar-refractivity contribution < 1.29 is 31.8 Å². The Labute approximate surface area is 219 Å². The third-order valence-corrected chi connectivity index (χ3v) is 7.50. The molecule has 206 valence electrons. The number of halogens is 1. The van der Waals surface area contributed by atoms with E-state index in [1.807, 2.05) is 0 Å². The Balaban J connectivity index is 1.78. The number of methoxy groups -OCH3 is 2. The molecule has 1 saturated heterocycles. The highest BCUT2D eigenvalue weighted by Gasteiger charge is 2.37. The summed E-state index contributed by atoms with van der Waals surface area (Å²) in [6, 6.07) is 0. The Bertz CT molecular complexity index is 1330. The topological polar surface area (TPSA) is 165 Å². The molecule has 1 fully saturated rings. The Morgan fingerprint density at radius 3 is 2.29 bits per heavy atom. The summed E-state index contributed by atoms with van der Waals surface area (Å²) in [5.41, 5.74) is 0.214. The minimum Gasteiger partial charge on any atom is -0.479 e. The molecule has 0 aromatic carbocycles. The van der Waals surface area contributed by atoms with Crippen LogP contribution in [0.3, 0.4) is 0 Å². The summed E-state index contributed by atoms with van der Waals surface area (Å²) < 4.78 is 67.0. The molecule has 14 nitrogen and oxygen atoms in total. The van der Waals surface area contributed by atoms with Crippen LogP contribution >= 0.6 is 0 Å². The maximum atomic E-state index is 13.7. The Kier molecular flexibility index (Phi) is 8.32. The van der Waals surface area contributed by atoms with E-state index in [2.05, 4.69) is 34.9 Å². The highest BCUT2D eigenvalue weighted by molar-refractivity contribution is 7.93. The molecular formula is C22H29FN8O6S. The normalized spacial score (nSPS) is 17.4. The van der Waals surface area contributed by atoms with Crippen LogP contribution in [0.25, 0.3) is 5.69 Å². The van der Waals surface area contributed by atoms with Gasteiger partial charge in [0.1, 0.15) is 23.5 Å². The Hall–Kier alpha value is -3.50. The van der Waals surface area contributed by atoms with Gasteiger partial charge in [-0.05, 0) is 27.2 Å². The average Bonchev–Trinajstić information content (AvgIpc) is 3.56. The lowest BCUT2D eigenvalue weighted by Crippen LogP contribution is -2.35. The molecule has 0 bridgehead atoms. The summed E-state index contributed by atoms with van der Waals surface area (Å²) in [6.07, 6.45) is 2.31. The van der Waals surface area contributed by atoms with Crippen LogP contribution in [0.1, 0.15) is 50.9 Å². The number of aromatic nitrogens is 7. The van der Waals surface area contributed by atoms with Crippen LogP contribution in [0.2, 0.25) is 0 Å². The van der Waals surface area contributed by atoms with Gasteiger partial charge in [-0.3, -0.25) is 9.29 Å². The predicted octanol–water partition coefficient (Wildman–Crippen LogP) is 1.80. The van der Waals surface area contributed by atoms with Crippen molar-refractivity contribution in [2.75, 3.05) is 32.2 Å². The van der Waals surface area contributed by atoms with Crippen molar-refractivity contribution in [1.29, 1.82) is 0 Å². The van der Waals surface area contributed by atoms with Crippen LogP contribution < -0.4 is 14.2 Å². The number of hydrogen-bond donors (Lipinski definition) is 1. The van der Waals surface area contributed by atoms with Crippen LogP contribution in [-0.2, 0) is 19.5 Å². The predicted molar refractivity (Wildman–Crippen MR) is 131 cm³/mol. The molecule has 0 amide bonds. The fraction of sp³-hybridized carbons (Fsp3) is 0.545. The van der Waals surface area contributed by atoms with Crippen molar-refractivity contribution >= 4 is 16.0 Å². The highest BCUT2D eigenvalue weighted by atomic mass is 32.2. The minimum absolute atomic E-state index is 0.0167. The monoisotopic (exact) mass is 552 g/mol. The zero-order valence-electron chi connectivity index (χ0n) is 21.5. The number of nitrogens with one attached hydrogen (secondary N) is 1. The van der Waals surface area contributed by atoms with Crippen molar-refractivity contribution in [3.63, 3.8) is 0 Å². The molecule has 1 N–H and O–H groups in total. The molecule has 4 heterocycles. The SMILES string of the molecule is COc1ncnc(OC)c1-n1c(NS(=O)(=O)C(C)C(OC(C)C)c2ncc(F)cn2)nnc1[C@H]1CCOC1. The maximum Gasteiger partial charge on any atom is 0.245 e. The molecule has 16 heteroatoms. The smallest absolute Gasteiger partial charge is 0.245 e. The Morgan fingerprint density at radius 1 is 1.08 bits per heavy atom. The summed E-state index contributed by atoms with van der Waals surface area (Å²) in [5, 5.41) is 7.18. The first-order valence-corrected chi connectivity index (χ1v) is 13.3. The van der Waals surface area contributed by atoms with Gasteiger partial charge in [0, 0.05) is 12.5 Å². The van der Waals surface area contributed by atoms with Gasteiger partial charge in [0.2, 0.25) is 27.7 Å². The number of sulfonamides is 1. The van der Waals surface area contributed by atoms with Crippen LogP contribution in [0.5, 0.6) is 11.8 Å².